The number of hydrogen-bond donors (Lipinski definition) is 2. The Kier molecular flexibility index (Phi) is 3.97. The second-order valence-electron chi connectivity index (χ2n) is 4.50. The van der Waals surface area contributed by atoms with Gasteiger partial charge in [0, 0.05) is 24.6 Å². The summed E-state index contributed by atoms with van der Waals surface area (Å²) in [4.78, 5) is 0. The third kappa shape index (κ3) is 2.43. The Morgan fingerprint density at radius 2 is 2.00 bits per heavy atom. The molecule has 0 radical (unpaired) electrons. The fourth-order valence-corrected chi connectivity index (χ4v) is 2.43. The zero-order valence-electron chi connectivity index (χ0n) is 10.9. The van der Waals surface area contributed by atoms with Crippen LogP contribution in [0.1, 0.15) is 41.0 Å². The van der Waals surface area contributed by atoms with E-state index in [0.717, 1.165) is 5.92 Å². The van der Waals surface area contributed by atoms with Crippen molar-refractivity contribution < 1.29 is 0 Å². The number of hydrogen-bond acceptors (Lipinski definition) is 2. The van der Waals surface area contributed by atoms with Gasteiger partial charge in [0.2, 0.25) is 0 Å². The molecule has 0 bridgehead atoms. The van der Waals surface area contributed by atoms with Crippen molar-refractivity contribution in [1.82, 2.24) is 10.9 Å². The van der Waals surface area contributed by atoms with Gasteiger partial charge in [-0.3, -0.25) is 0 Å². The molecule has 0 aromatic rings. The van der Waals surface area contributed by atoms with Crippen LogP contribution in [-0.2, 0) is 0 Å². The van der Waals surface area contributed by atoms with Gasteiger partial charge in [-0.15, -0.1) is 0 Å². The van der Waals surface area contributed by atoms with Crippen molar-refractivity contribution in [2.24, 2.45) is 11.8 Å². The molecule has 0 fully saturated rings. The molecule has 0 spiro atoms. The van der Waals surface area contributed by atoms with Gasteiger partial charge >= 0.3 is 0 Å². The van der Waals surface area contributed by atoms with E-state index in [1.807, 2.05) is 7.05 Å². The Morgan fingerprint density at radius 1 is 1.40 bits per heavy atom. The topological polar surface area (TPSA) is 24.1 Å². The summed E-state index contributed by atoms with van der Waals surface area (Å²) in [5.41, 5.74) is 12.1. The van der Waals surface area contributed by atoms with E-state index >= 15 is 0 Å². The second-order valence-corrected chi connectivity index (χ2v) is 4.50. The summed E-state index contributed by atoms with van der Waals surface area (Å²) in [5, 5.41) is 0. The number of nitrogens with one attached hydrogen (secondary N) is 2. The maximum absolute atomic E-state index is 3.16. The van der Waals surface area contributed by atoms with Gasteiger partial charge in [-0.05, 0) is 32.8 Å². The summed E-state index contributed by atoms with van der Waals surface area (Å²) in [6, 6.07) is 0. The minimum atomic E-state index is 0.593. The number of hydrazine groups is 1. The van der Waals surface area contributed by atoms with Crippen LogP contribution >= 0.6 is 0 Å². The van der Waals surface area contributed by atoms with E-state index in [9.17, 15) is 0 Å². The van der Waals surface area contributed by atoms with Crippen LogP contribution in [0.4, 0.5) is 0 Å². The third-order valence-electron chi connectivity index (χ3n) is 3.70. The Labute approximate surface area is 93.8 Å². The molecule has 1 aliphatic carbocycles. The van der Waals surface area contributed by atoms with E-state index in [1.165, 1.54) is 17.7 Å². The molecule has 1 aliphatic rings. The fraction of sp³-hybridized carbons (Fsp3) is 0.692. The van der Waals surface area contributed by atoms with Crippen molar-refractivity contribution in [3.05, 3.63) is 22.4 Å². The fourth-order valence-electron chi connectivity index (χ4n) is 2.43. The molecule has 2 heteroatoms. The average molecular weight is 208 g/mol. The molecule has 0 saturated carbocycles. The largest absolute Gasteiger partial charge is 0.326 e. The van der Waals surface area contributed by atoms with Crippen molar-refractivity contribution in [3.8, 4) is 0 Å². The molecule has 0 heterocycles. The van der Waals surface area contributed by atoms with Crippen LogP contribution < -0.4 is 10.9 Å². The number of rotatable bonds is 5. The molecule has 0 amide bonds. The summed E-state index contributed by atoms with van der Waals surface area (Å²) in [7, 11) is 1.90. The van der Waals surface area contributed by atoms with Gasteiger partial charge < -0.3 is 5.43 Å². The van der Waals surface area contributed by atoms with Crippen molar-refractivity contribution in [3.63, 3.8) is 0 Å². The first-order valence-corrected chi connectivity index (χ1v) is 5.85. The molecule has 1 rings (SSSR count). The van der Waals surface area contributed by atoms with Crippen molar-refractivity contribution in [2.75, 3.05) is 7.05 Å². The lowest BCUT2D eigenvalue weighted by atomic mass is 9.95. The predicted molar refractivity (Wildman–Crippen MR) is 66.2 cm³/mol. The average Bonchev–Trinajstić information content (AvgIpc) is 2.87. The smallest absolute Gasteiger partial charge is 0.0225 e. The van der Waals surface area contributed by atoms with Crippen LogP contribution in [0.3, 0.4) is 0 Å². The van der Waals surface area contributed by atoms with Crippen LogP contribution in [0.15, 0.2) is 22.4 Å². The Morgan fingerprint density at radius 3 is 2.40 bits per heavy atom. The first kappa shape index (κ1) is 12.3. The molecule has 2 atom stereocenters. The zero-order chi connectivity index (χ0) is 11.6. The highest BCUT2D eigenvalue weighted by Crippen LogP contribution is 2.48. The van der Waals surface area contributed by atoms with Crippen molar-refractivity contribution in [2.45, 2.75) is 41.0 Å². The molecule has 15 heavy (non-hydrogen) atoms. The lowest BCUT2D eigenvalue weighted by molar-refractivity contribution is 0.651. The van der Waals surface area contributed by atoms with Gasteiger partial charge in [-0.2, -0.15) is 0 Å². The maximum Gasteiger partial charge on any atom is 0.0225 e. The van der Waals surface area contributed by atoms with Crippen LogP contribution in [0.2, 0.25) is 0 Å². The van der Waals surface area contributed by atoms with Gasteiger partial charge in [0.1, 0.15) is 0 Å². The van der Waals surface area contributed by atoms with E-state index in [4.69, 9.17) is 0 Å². The molecule has 86 valence electrons. The van der Waals surface area contributed by atoms with E-state index in [2.05, 4.69) is 45.5 Å². The molecule has 2 nitrogen and oxygen atoms in total. The Hall–Kier alpha value is -0.760. The summed E-state index contributed by atoms with van der Waals surface area (Å²) in [6.45, 7) is 11.2. The number of allylic oxidation sites excluding steroid dienone is 4. The molecule has 2 N–H and O–H groups in total. The third-order valence-corrected chi connectivity index (χ3v) is 3.70. The quantitative estimate of drug-likeness (QED) is 0.536. The Balaban J connectivity index is 2.70. The van der Waals surface area contributed by atoms with Gasteiger partial charge in [0.05, 0.1) is 0 Å². The van der Waals surface area contributed by atoms with Gasteiger partial charge in [-0.25, -0.2) is 5.43 Å². The monoisotopic (exact) mass is 208 g/mol. The molecule has 0 aromatic carbocycles. The standard InChI is InChI=1S/C13H24N2/c1-7-12-10(4)13(12)9(3)8(2)11(5)15-14-6/h9,12,14-15H,7H2,1-6H3/b11-8+/t9?,12-/m0/s1. The summed E-state index contributed by atoms with van der Waals surface area (Å²) in [5.74, 6) is 1.38. The molecule has 1 unspecified atom stereocenters. The predicted octanol–water partition coefficient (Wildman–Crippen LogP) is 3.00. The van der Waals surface area contributed by atoms with Crippen LogP contribution in [0.5, 0.6) is 0 Å². The molecular formula is C13H24N2. The van der Waals surface area contributed by atoms with E-state index < -0.39 is 0 Å². The van der Waals surface area contributed by atoms with Crippen LogP contribution in [0.25, 0.3) is 0 Å². The molecule has 0 saturated heterocycles. The van der Waals surface area contributed by atoms with Crippen LogP contribution in [-0.4, -0.2) is 7.05 Å². The maximum atomic E-state index is 3.16. The lowest BCUT2D eigenvalue weighted by Gasteiger charge is -2.15. The van der Waals surface area contributed by atoms with Crippen molar-refractivity contribution >= 4 is 0 Å². The van der Waals surface area contributed by atoms with E-state index in [-0.39, 0.29) is 0 Å². The highest BCUT2D eigenvalue weighted by Gasteiger charge is 2.35. The van der Waals surface area contributed by atoms with Gasteiger partial charge in [0.25, 0.3) is 0 Å². The molecule has 0 aliphatic heterocycles. The first-order chi connectivity index (χ1) is 7.04. The molecular weight excluding hydrogens is 184 g/mol. The van der Waals surface area contributed by atoms with E-state index in [0.29, 0.717) is 5.92 Å². The second kappa shape index (κ2) is 4.84. The summed E-state index contributed by atoms with van der Waals surface area (Å²) < 4.78 is 0. The van der Waals surface area contributed by atoms with Gasteiger partial charge in [-0.1, -0.05) is 25.0 Å². The normalized spacial score (nSPS) is 23.7. The van der Waals surface area contributed by atoms with Gasteiger partial charge in [0.15, 0.2) is 0 Å². The Bertz CT molecular complexity index is 300. The minimum absolute atomic E-state index is 0.593. The zero-order valence-corrected chi connectivity index (χ0v) is 10.9. The van der Waals surface area contributed by atoms with E-state index in [1.54, 1.807) is 11.1 Å². The SMILES string of the molecule is CC[C@H]1C(C)=C1C(C)/C(C)=C(\C)NNC. The summed E-state index contributed by atoms with van der Waals surface area (Å²) >= 11 is 0. The highest BCUT2D eigenvalue weighted by atomic mass is 15.3. The first-order valence-electron chi connectivity index (χ1n) is 5.85. The lowest BCUT2D eigenvalue weighted by Crippen LogP contribution is -2.27. The highest BCUT2D eigenvalue weighted by molar-refractivity contribution is 5.44. The summed E-state index contributed by atoms with van der Waals surface area (Å²) in [6.07, 6.45) is 1.26. The van der Waals surface area contributed by atoms with Crippen molar-refractivity contribution in [1.29, 1.82) is 0 Å². The van der Waals surface area contributed by atoms with Crippen LogP contribution in [0, 0.1) is 11.8 Å². The molecule has 0 aromatic heterocycles. The minimum Gasteiger partial charge on any atom is -0.326 e.